The van der Waals surface area contributed by atoms with Gasteiger partial charge in [0.2, 0.25) is 0 Å². The summed E-state index contributed by atoms with van der Waals surface area (Å²) in [4.78, 5) is 12.1. The average Bonchev–Trinajstić information content (AvgIpc) is 2.55. The van der Waals surface area contributed by atoms with E-state index in [0.717, 1.165) is 0 Å². The third-order valence-corrected chi connectivity index (χ3v) is 3.25. The standard InChI is InChI=1S/C17H18N2O3/c1-21-14-10-12(15(18)17(22-2)16(14)19)8-9-13(20)11-6-4-3-5-7-11/h3-10H,18-19H2,1-2H3/b9-8+. The van der Waals surface area contributed by atoms with Gasteiger partial charge in [0.05, 0.1) is 19.9 Å². The van der Waals surface area contributed by atoms with E-state index in [0.29, 0.717) is 34.0 Å². The van der Waals surface area contributed by atoms with Crippen molar-refractivity contribution >= 4 is 23.2 Å². The Morgan fingerprint density at radius 2 is 1.73 bits per heavy atom. The van der Waals surface area contributed by atoms with Crippen molar-refractivity contribution in [3.05, 3.63) is 53.6 Å². The Bertz CT molecular complexity index is 710. The number of hydrogen-bond donors (Lipinski definition) is 2. The molecule has 2 aromatic carbocycles. The molecule has 0 saturated heterocycles. The molecule has 0 saturated carbocycles. The van der Waals surface area contributed by atoms with E-state index in [1.54, 1.807) is 24.3 Å². The fourth-order valence-electron chi connectivity index (χ4n) is 2.08. The lowest BCUT2D eigenvalue weighted by Gasteiger charge is -2.14. The molecule has 0 bridgehead atoms. The number of rotatable bonds is 5. The van der Waals surface area contributed by atoms with E-state index in [2.05, 4.69) is 0 Å². The second-order valence-electron chi connectivity index (χ2n) is 4.59. The molecule has 0 fully saturated rings. The van der Waals surface area contributed by atoms with Crippen LogP contribution in [0.1, 0.15) is 15.9 Å². The van der Waals surface area contributed by atoms with Crippen LogP contribution in [0, 0.1) is 0 Å². The average molecular weight is 298 g/mol. The Balaban J connectivity index is 2.37. The van der Waals surface area contributed by atoms with Crippen molar-refractivity contribution in [3.8, 4) is 11.5 Å². The van der Waals surface area contributed by atoms with Gasteiger partial charge in [-0.3, -0.25) is 4.79 Å². The van der Waals surface area contributed by atoms with Gasteiger partial charge in [-0.25, -0.2) is 0 Å². The summed E-state index contributed by atoms with van der Waals surface area (Å²) in [7, 11) is 2.98. The quantitative estimate of drug-likeness (QED) is 0.503. The zero-order valence-corrected chi connectivity index (χ0v) is 12.5. The highest BCUT2D eigenvalue weighted by molar-refractivity contribution is 6.07. The molecule has 0 unspecified atom stereocenters. The molecule has 0 aliphatic rings. The number of carbonyl (C=O) groups excluding carboxylic acids is 1. The Hall–Kier alpha value is -2.95. The maximum absolute atomic E-state index is 12.1. The molecular formula is C17H18N2O3. The molecule has 5 heteroatoms. The fraction of sp³-hybridized carbons (Fsp3) is 0.118. The van der Waals surface area contributed by atoms with Crippen molar-refractivity contribution < 1.29 is 14.3 Å². The number of ketones is 1. The van der Waals surface area contributed by atoms with Crippen molar-refractivity contribution in [2.45, 2.75) is 0 Å². The molecule has 5 nitrogen and oxygen atoms in total. The van der Waals surface area contributed by atoms with E-state index in [4.69, 9.17) is 20.9 Å². The highest BCUT2D eigenvalue weighted by Gasteiger charge is 2.14. The van der Waals surface area contributed by atoms with Crippen molar-refractivity contribution in [1.29, 1.82) is 0 Å². The molecule has 0 amide bonds. The number of anilines is 2. The van der Waals surface area contributed by atoms with Gasteiger partial charge in [0, 0.05) is 11.1 Å². The van der Waals surface area contributed by atoms with Gasteiger partial charge in [-0.15, -0.1) is 0 Å². The highest BCUT2D eigenvalue weighted by Crippen LogP contribution is 2.39. The van der Waals surface area contributed by atoms with Crippen LogP contribution in [0.3, 0.4) is 0 Å². The topological polar surface area (TPSA) is 87.6 Å². The number of benzene rings is 2. The third kappa shape index (κ3) is 3.03. The van der Waals surface area contributed by atoms with E-state index in [-0.39, 0.29) is 5.78 Å². The van der Waals surface area contributed by atoms with Crippen molar-refractivity contribution in [1.82, 2.24) is 0 Å². The maximum Gasteiger partial charge on any atom is 0.185 e. The van der Waals surface area contributed by atoms with E-state index in [9.17, 15) is 4.79 Å². The lowest BCUT2D eigenvalue weighted by Crippen LogP contribution is -2.03. The van der Waals surface area contributed by atoms with Gasteiger partial charge in [-0.1, -0.05) is 30.3 Å². The minimum absolute atomic E-state index is 0.116. The summed E-state index contributed by atoms with van der Waals surface area (Å²) in [6.45, 7) is 0. The highest BCUT2D eigenvalue weighted by atomic mass is 16.5. The normalized spacial score (nSPS) is 10.6. The molecule has 0 heterocycles. The summed E-state index contributed by atoms with van der Waals surface area (Å²) < 4.78 is 10.4. The predicted octanol–water partition coefficient (Wildman–Crippen LogP) is 2.76. The predicted molar refractivity (Wildman–Crippen MR) is 88.2 cm³/mol. The van der Waals surface area contributed by atoms with Crippen LogP contribution in [-0.2, 0) is 0 Å². The summed E-state index contributed by atoms with van der Waals surface area (Å²) in [5, 5.41) is 0. The van der Waals surface area contributed by atoms with Gasteiger partial charge in [0.25, 0.3) is 0 Å². The van der Waals surface area contributed by atoms with Crippen LogP contribution in [0.4, 0.5) is 11.4 Å². The molecule has 0 radical (unpaired) electrons. The first-order chi connectivity index (χ1) is 10.6. The van der Waals surface area contributed by atoms with Crippen LogP contribution < -0.4 is 20.9 Å². The van der Waals surface area contributed by atoms with E-state index >= 15 is 0 Å². The number of ether oxygens (including phenoxy) is 2. The second kappa shape index (κ2) is 6.67. The van der Waals surface area contributed by atoms with Crippen LogP contribution >= 0.6 is 0 Å². The van der Waals surface area contributed by atoms with E-state index < -0.39 is 0 Å². The zero-order valence-electron chi connectivity index (χ0n) is 12.5. The van der Waals surface area contributed by atoms with Crippen LogP contribution in [0.15, 0.2) is 42.5 Å². The molecule has 22 heavy (non-hydrogen) atoms. The Morgan fingerprint density at radius 1 is 1.05 bits per heavy atom. The first-order valence-corrected chi connectivity index (χ1v) is 6.65. The Kier molecular flexibility index (Phi) is 4.68. The molecule has 4 N–H and O–H groups in total. The molecular weight excluding hydrogens is 280 g/mol. The third-order valence-electron chi connectivity index (χ3n) is 3.25. The maximum atomic E-state index is 12.1. The minimum Gasteiger partial charge on any atom is -0.494 e. The minimum atomic E-state index is -0.116. The number of hydrogen-bond acceptors (Lipinski definition) is 5. The van der Waals surface area contributed by atoms with Crippen molar-refractivity contribution in [2.24, 2.45) is 0 Å². The van der Waals surface area contributed by atoms with Crippen LogP contribution in [-0.4, -0.2) is 20.0 Å². The van der Waals surface area contributed by atoms with Crippen LogP contribution in [0.5, 0.6) is 11.5 Å². The molecule has 0 aromatic heterocycles. The van der Waals surface area contributed by atoms with Crippen LogP contribution in [0.25, 0.3) is 6.08 Å². The summed E-state index contributed by atoms with van der Waals surface area (Å²) in [5.41, 5.74) is 13.8. The number of carbonyl (C=O) groups is 1. The molecule has 2 rings (SSSR count). The largest absolute Gasteiger partial charge is 0.494 e. The van der Waals surface area contributed by atoms with Crippen LogP contribution in [0.2, 0.25) is 0 Å². The molecule has 0 aliphatic heterocycles. The number of methoxy groups -OCH3 is 2. The summed E-state index contributed by atoms with van der Waals surface area (Å²) in [6, 6.07) is 10.6. The SMILES string of the molecule is COc1cc(/C=C/C(=O)c2ccccc2)c(N)c(OC)c1N. The van der Waals surface area contributed by atoms with Crippen molar-refractivity contribution in [3.63, 3.8) is 0 Å². The molecule has 0 spiro atoms. The number of allylic oxidation sites excluding steroid dienone is 1. The lowest BCUT2D eigenvalue weighted by molar-refractivity contribution is 0.104. The summed E-state index contributed by atoms with van der Waals surface area (Å²) >= 11 is 0. The van der Waals surface area contributed by atoms with Gasteiger partial charge in [-0.05, 0) is 18.2 Å². The van der Waals surface area contributed by atoms with Gasteiger partial charge in [0.1, 0.15) is 11.4 Å². The molecule has 2 aromatic rings. The summed E-state index contributed by atoms with van der Waals surface area (Å²) in [6.07, 6.45) is 3.07. The first-order valence-electron chi connectivity index (χ1n) is 6.65. The Morgan fingerprint density at radius 3 is 2.32 bits per heavy atom. The lowest BCUT2D eigenvalue weighted by atomic mass is 10.1. The van der Waals surface area contributed by atoms with E-state index in [1.165, 1.54) is 20.3 Å². The monoisotopic (exact) mass is 298 g/mol. The second-order valence-corrected chi connectivity index (χ2v) is 4.59. The van der Waals surface area contributed by atoms with Gasteiger partial charge in [0.15, 0.2) is 11.5 Å². The van der Waals surface area contributed by atoms with Gasteiger partial charge >= 0.3 is 0 Å². The van der Waals surface area contributed by atoms with Gasteiger partial charge in [-0.2, -0.15) is 0 Å². The molecule has 0 aliphatic carbocycles. The molecule has 0 atom stereocenters. The van der Waals surface area contributed by atoms with E-state index in [1.807, 2.05) is 18.2 Å². The van der Waals surface area contributed by atoms with Gasteiger partial charge < -0.3 is 20.9 Å². The van der Waals surface area contributed by atoms with Crippen molar-refractivity contribution in [2.75, 3.05) is 25.7 Å². The Labute approximate surface area is 129 Å². The number of nitrogens with two attached hydrogens (primary N) is 2. The first kappa shape index (κ1) is 15.4. The fourth-order valence-corrected chi connectivity index (χ4v) is 2.08. The smallest absolute Gasteiger partial charge is 0.185 e. The molecule has 114 valence electrons. The summed E-state index contributed by atoms with van der Waals surface area (Å²) in [5.74, 6) is 0.666. The number of nitrogen functional groups attached to an aromatic ring is 2. The zero-order chi connectivity index (χ0) is 16.1.